The highest BCUT2D eigenvalue weighted by Gasteiger charge is 2.43. The van der Waals surface area contributed by atoms with E-state index in [-0.39, 0.29) is 17.5 Å². The van der Waals surface area contributed by atoms with E-state index in [9.17, 15) is 13.2 Å². The molecule has 0 unspecified atom stereocenters. The molecule has 2 heterocycles. The highest BCUT2D eigenvalue weighted by molar-refractivity contribution is 7.89. The summed E-state index contributed by atoms with van der Waals surface area (Å²) in [5, 5.41) is 6.46. The van der Waals surface area contributed by atoms with Crippen LogP contribution in [0.25, 0.3) is 0 Å². The second-order valence-corrected chi connectivity index (χ2v) is 9.24. The van der Waals surface area contributed by atoms with Gasteiger partial charge in [0.25, 0.3) is 0 Å². The van der Waals surface area contributed by atoms with Crippen LogP contribution in [0.3, 0.4) is 0 Å². The van der Waals surface area contributed by atoms with Crippen LogP contribution in [0.2, 0.25) is 0 Å². The summed E-state index contributed by atoms with van der Waals surface area (Å²) in [6, 6.07) is 5.09. The van der Waals surface area contributed by atoms with E-state index in [1.807, 2.05) is 6.92 Å². The van der Waals surface area contributed by atoms with Crippen LogP contribution in [0.4, 0.5) is 0 Å². The van der Waals surface area contributed by atoms with E-state index in [0.29, 0.717) is 23.7 Å². The fourth-order valence-electron chi connectivity index (χ4n) is 4.04. The summed E-state index contributed by atoms with van der Waals surface area (Å²) in [6.45, 7) is 5.06. The molecule has 0 saturated carbocycles. The smallest absolute Gasteiger partial charge is 0.243 e. The monoisotopic (exact) mass is 381 g/mol. The van der Waals surface area contributed by atoms with Crippen molar-refractivity contribution in [3.63, 3.8) is 0 Å². The van der Waals surface area contributed by atoms with Gasteiger partial charge >= 0.3 is 0 Å². The molecule has 144 valence electrons. The van der Waals surface area contributed by atoms with Crippen LogP contribution in [-0.2, 0) is 14.8 Å². The van der Waals surface area contributed by atoms with Gasteiger partial charge in [0.05, 0.1) is 12.0 Å². The Bertz CT molecular complexity index is 786. The Kier molecular flexibility index (Phi) is 5.28. The first kappa shape index (κ1) is 19.1. The van der Waals surface area contributed by atoms with Crippen LogP contribution in [0.15, 0.2) is 23.1 Å². The molecule has 8 heteroatoms. The van der Waals surface area contributed by atoms with Crippen LogP contribution < -0.4 is 15.4 Å². The summed E-state index contributed by atoms with van der Waals surface area (Å²) in [7, 11) is -1.94. The van der Waals surface area contributed by atoms with E-state index in [4.69, 9.17) is 4.74 Å². The molecular weight excluding hydrogens is 354 g/mol. The lowest BCUT2D eigenvalue weighted by molar-refractivity contribution is -0.119. The van der Waals surface area contributed by atoms with Crippen molar-refractivity contribution in [1.29, 1.82) is 0 Å². The lowest BCUT2D eigenvalue weighted by Gasteiger charge is -2.39. The van der Waals surface area contributed by atoms with Crippen LogP contribution in [0.5, 0.6) is 5.75 Å². The third-order valence-corrected chi connectivity index (χ3v) is 7.35. The number of hydrogen-bond acceptors (Lipinski definition) is 5. The minimum absolute atomic E-state index is 0.0243. The van der Waals surface area contributed by atoms with Gasteiger partial charge in [-0.05, 0) is 49.9 Å². The van der Waals surface area contributed by atoms with Crippen molar-refractivity contribution in [3.8, 4) is 5.75 Å². The molecule has 1 atom stereocenters. The first-order chi connectivity index (χ1) is 12.3. The predicted molar refractivity (Wildman–Crippen MR) is 98.7 cm³/mol. The van der Waals surface area contributed by atoms with Gasteiger partial charge in [0, 0.05) is 38.1 Å². The first-order valence-corrected chi connectivity index (χ1v) is 10.4. The van der Waals surface area contributed by atoms with E-state index < -0.39 is 10.0 Å². The average molecular weight is 381 g/mol. The molecule has 1 aromatic carbocycles. The Hall–Kier alpha value is -1.64. The average Bonchev–Trinajstić information content (AvgIpc) is 2.96. The molecule has 26 heavy (non-hydrogen) atoms. The minimum atomic E-state index is -3.51. The van der Waals surface area contributed by atoms with Gasteiger partial charge in [-0.2, -0.15) is 4.31 Å². The summed E-state index contributed by atoms with van der Waals surface area (Å²) in [4.78, 5) is 11.6. The molecule has 0 bridgehead atoms. The Labute approximate surface area is 155 Å². The molecule has 0 radical (unpaired) electrons. The molecule has 2 saturated heterocycles. The van der Waals surface area contributed by atoms with Gasteiger partial charge in [-0.25, -0.2) is 8.42 Å². The number of amides is 1. The number of carbonyl (C=O) groups excluding carboxylic acids is 1. The van der Waals surface area contributed by atoms with Crippen LogP contribution >= 0.6 is 0 Å². The van der Waals surface area contributed by atoms with Gasteiger partial charge in [-0.1, -0.05) is 0 Å². The van der Waals surface area contributed by atoms with Gasteiger partial charge in [-0.3, -0.25) is 4.79 Å². The molecule has 0 aliphatic carbocycles. The summed E-state index contributed by atoms with van der Waals surface area (Å²) in [6.07, 6.45) is 2.34. The highest BCUT2D eigenvalue weighted by Crippen LogP contribution is 2.33. The Morgan fingerprint density at radius 1 is 1.35 bits per heavy atom. The number of methoxy groups -OCH3 is 1. The normalized spacial score (nSPS) is 23.1. The first-order valence-electron chi connectivity index (χ1n) is 8.93. The zero-order valence-corrected chi connectivity index (χ0v) is 16.4. The maximum atomic E-state index is 13.0. The maximum absolute atomic E-state index is 13.0. The van der Waals surface area contributed by atoms with Crippen LogP contribution in [0.1, 0.15) is 31.7 Å². The van der Waals surface area contributed by atoms with E-state index >= 15 is 0 Å². The zero-order chi connectivity index (χ0) is 18.9. The fraction of sp³-hybridized carbons (Fsp3) is 0.611. The van der Waals surface area contributed by atoms with Crippen molar-refractivity contribution < 1.29 is 17.9 Å². The van der Waals surface area contributed by atoms with Crippen molar-refractivity contribution in [3.05, 3.63) is 23.8 Å². The number of sulfonamides is 1. The van der Waals surface area contributed by atoms with Crippen molar-refractivity contribution in [2.45, 2.75) is 49.6 Å². The number of nitrogens with zero attached hydrogens (tertiary/aromatic N) is 1. The van der Waals surface area contributed by atoms with E-state index in [1.54, 1.807) is 29.6 Å². The summed E-state index contributed by atoms with van der Waals surface area (Å²) in [5.74, 6) is 0.657. The Balaban J connectivity index is 1.68. The van der Waals surface area contributed by atoms with Gasteiger partial charge in [0.1, 0.15) is 5.75 Å². The molecule has 0 aromatic heterocycles. The van der Waals surface area contributed by atoms with Crippen molar-refractivity contribution in [2.75, 3.05) is 26.7 Å². The van der Waals surface area contributed by atoms with Crippen molar-refractivity contribution in [1.82, 2.24) is 14.9 Å². The molecule has 2 aliphatic rings. The maximum Gasteiger partial charge on any atom is 0.243 e. The molecule has 2 fully saturated rings. The molecular formula is C18H27N3O4S. The lowest BCUT2D eigenvalue weighted by Crippen LogP contribution is -2.51. The second kappa shape index (κ2) is 7.17. The van der Waals surface area contributed by atoms with Gasteiger partial charge in [-0.15, -0.1) is 0 Å². The molecule has 7 nitrogen and oxygen atoms in total. The number of hydrogen-bond donors (Lipinski definition) is 2. The largest absolute Gasteiger partial charge is 0.496 e. The standard InChI is InChI=1S/C18H27N3O4S/c1-13-10-16(4-5-17(13)25-3)26(23,24)21-8-6-18(7-9-21)11-15(12-19-18)20-14(2)22/h4-5,10,15,19H,6-9,11-12H2,1-3H3,(H,20,22)/t15-/m0/s1. The van der Waals surface area contributed by atoms with E-state index in [2.05, 4.69) is 10.6 Å². The number of benzene rings is 1. The molecule has 2 N–H and O–H groups in total. The molecule has 1 amide bonds. The van der Waals surface area contributed by atoms with Gasteiger partial charge < -0.3 is 15.4 Å². The second-order valence-electron chi connectivity index (χ2n) is 7.30. The van der Waals surface area contributed by atoms with Crippen molar-refractivity contribution >= 4 is 15.9 Å². The third kappa shape index (κ3) is 3.72. The zero-order valence-electron chi connectivity index (χ0n) is 15.5. The summed E-state index contributed by atoms with van der Waals surface area (Å²) >= 11 is 0. The Morgan fingerprint density at radius 3 is 2.62 bits per heavy atom. The number of piperidine rings is 1. The summed E-state index contributed by atoms with van der Waals surface area (Å²) in [5.41, 5.74) is 0.729. The third-order valence-electron chi connectivity index (χ3n) is 5.45. The number of ether oxygens (including phenoxy) is 1. The lowest BCUT2D eigenvalue weighted by atomic mass is 9.86. The van der Waals surface area contributed by atoms with E-state index in [0.717, 1.165) is 31.4 Å². The fourth-order valence-corrected chi connectivity index (χ4v) is 5.57. The molecule has 1 aromatic rings. The van der Waals surface area contributed by atoms with Gasteiger partial charge in [0.15, 0.2) is 0 Å². The number of carbonyl (C=O) groups is 1. The highest BCUT2D eigenvalue weighted by atomic mass is 32.2. The van der Waals surface area contributed by atoms with E-state index in [1.165, 1.54) is 6.92 Å². The molecule has 1 spiro atoms. The molecule has 2 aliphatic heterocycles. The number of rotatable bonds is 4. The van der Waals surface area contributed by atoms with Crippen LogP contribution in [0, 0.1) is 6.92 Å². The predicted octanol–water partition coefficient (Wildman–Crippen LogP) is 1.02. The number of nitrogens with one attached hydrogen (secondary N) is 2. The topological polar surface area (TPSA) is 87.7 Å². The quantitative estimate of drug-likeness (QED) is 0.813. The number of aryl methyl sites for hydroxylation is 1. The van der Waals surface area contributed by atoms with Gasteiger partial charge in [0.2, 0.25) is 15.9 Å². The summed E-state index contributed by atoms with van der Waals surface area (Å²) < 4.78 is 32.7. The van der Waals surface area contributed by atoms with Crippen molar-refractivity contribution in [2.24, 2.45) is 0 Å². The SMILES string of the molecule is COc1ccc(S(=O)(=O)N2CCC3(CC2)C[C@H](NC(C)=O)CN3)cc1C. The van der Waals surface area contributed by atoms with Crippen LogP contribution in [-0.4, -0.2) is 57.0 Å². The minimum Gasteiger partial charge on any atom is -0.496 e. The molecule has 3 rings (SSSR count). The Morgan fingerprint density at radius 2 is 2.04 bits per heavy atom.